The van der Waals surface area contributed by atoms with Crippen LogP contribution < -0.4 is 9.64 Å². The zero-order chi connectivity index (χ0) is 12.4. The average molecular weight is 304 g/mol. The minimum atomic E-state index is -0.616. The number of anilines is 1. The molecule has 1 saturated heterocycles. The summed E-state index contributed by atoms with van der Waals surface area (Å²) >= 11 is 3.32. The average Bonchev–Trinajstić information content (AvgIpc) is 2.71. The van der Waals surface area contributed by atoms with E-state index in [9.17, 15) is 9.18 Å². The lowest BCUT2D eigenvalue weighted by molar-refractivity contribution is -0.117. The zero-order valence-electron chi connectivity index (χ0n) is 9.19. The fourth-order valence-electron chi connectivity index (χ4n) is 1.72. The van der Waals surface area contributed by atoms with Crippen molar-refractivity contribution in [2.75, 3.05) is 23.9 Å². The van der Waals surface area contributed by atoms with Gasteiger partial charge in [0.1, 0.15) is 0 Å². The molecule has 0 radical (unpaired) electrons. The van der Waals surface area contributed by atoms with Gasteiger partial charge in [0.15, 0.2) is 11.6 Å². The van der Waals surface area contributed by atoms with Crippen molar-refractivity contribution in [3.63, 3.8) is 0 Å². The second-order valence-electron chi connectivity index (χ2n) is 3.76. The zero-order valence-corrected chi connectivity index (χ0v) is 10.8. The Morgan fingerprint density at radius 2 is 2.47 bits per heavy atom. The number of alkyl halides is 1. The third-order valence-electron chi connectivity index (χ3n) is 2.57. The van der Waals surface area contributed by atoms with E-state index >= 15 is 0 Å². The number of hydrogen-bond donors (Lipinski definition) is 0. The van der Waals surface area contributed by atoms with Crippen molar-refractivity contribution in [2.45, 2.75) is 6.42 Å². The minimum absolute atomic E-state index is 0.00898. The predicted octanol–water partition coefficient (Wildman–Crippen LogP) is 1.37. The topological polar surface area (TPSA) is 55.3 Å². The molecule has 0 N–H and O–H groups in total. The first-order chi connectivity index (χ1) is 8.15. The highest BCUT2D eigenvalue weighted by Gasteiger charge is 2.32. The lowest BCUT2D eigenvalue weighted by Gasteiger charge is -2.15. The number of methoxy groups -OCH3 is 1. The standard InChI is InChI=1S/C10H11BrFN3O2/c1-17-10-13-4-7(12)9(14-10)15-5-6(3-11)2-8(15)16/h4,6H,2-3,5H2,1H3. The third-order valence-corrected chi connectivity index (χ3v) is 3.48. The van der Waals surface area contributed by atoms with Crippen LogP contribution in [0.3, 0.4) is 0 Å². The van der Waals surface area contributed by atoms with Crippen LogP contribution in [-0.2, 0) is 4.79 Å². The molecule has 7 heteroatoms. The van der Waals surface area contributed by atoms with Crippen molar-refractivity contribution >= 4 is 27.7 Å². The Bertz CT molecular complexity index is 444. The monoisotopic (exact) mass is 303 g/mol. The van der Waals surface area contributed by atoms with Gasteiger partial charge in [-0.05, 0) is 5.92 Å². The Labute approximate surface area is 106 Å². The lowest BCUT2D eigenvalue weighted by atomic mass is 10.2. The maximum Gasteiger partial charge on any atom is 0.318 e. The van der Waals surface area contributed by atoms with Crippen molar-refractivity contribution in [3.05, 3.63) is 12.0 Å². The molecule has 1 aliphatic rings. The smallest absolute Gasteiger partial charge is 0.318 e. The summed E-state index contributed by atoms with van der Waals surface area (Å²) in [7, 11) is 1.39. The van der Waals surface area contributed by atoms with Crippen molar-refractivity contribution in [3.8, 4) is 6.01 Å². The van der Waals surface area contributed by atoms with Crippen LogP contribution in [-0.4, -0.2) is 34.9 Å². The molecular formula is C10H11BrFN3O2. The van der Waals surface area contributed by atoms with Gasteiger partial charge in [-0.3, -0.25) is 9.69 Å². The molecule has 0 spiro atoms. The van der Waals surface area contributed by atoms with Gasteiger partial charge in [-0.15, -0.1) is 0 Å². The van der Waals surface area contributed by atoms with E-state index in [-0.39, 0.29) is 23.7 Å². The number of nitrogens with zero attached hydrogens (tertiary/aromatic N) is 3. The van der Waals surface area contributed by atoms with E-state index in [0.717, 1.165) is 6.20 Å². The maximum absolute atomic E-state index is 13.6. The molecule has 0 aromatic carbocycles. The van der Waals surface area contributed by atoms with Gasteiger partial charge in [0, 0.05) is 18.3 Å². The van der Waals surface area contributed by atoms with Gasteiger partial charge >= 0.3 is 6.01 Å². The van der Waals surface area contributed by atoms with Crippen molar-refractivity contribution in [1.29, 1.82) is 0 Å². The molecule has 0 aliphatic carbocycles. The maximum atomic E-state index is 13.6. The van der Waals surface area contributed by atoms with Gasteiger partial charge < -0.3 is 4.74 Å². The van der Waals surface area contributed by atoms with Gasteiger partial charge in [0.2, 0.25) is 5.91 Å². The molecule has 2 rings (SSSR count). The number of amides is 1. The fourth-order valence-corrected chi connectivity index (χ4v) is 2.15. The number of halogens is 2. The molecule has 1 unspecified atom stereocenters. The fraction of sp³-hybridized carbons (Fsp3) is 0.500. The molecule has 1 aromatic rings. The Morgan fingerprint density at radius 1 is 1.71 bits per heavy atom. The van der Waals surface area contributed by atoms with Crippen LogP contribution in [0.1, 0.15) is 6.42 Å². The molecule has 1 fully saturated rings. The van der Waals surface area contributed by atoms with E-state index in [1.54, 1.807) is 0 Å². The first kappa shape index (κ1) is 12.2. The Balaban J connectivity index is 2.30. The summed E-state index contributed by atoms with van der Waals surface area (Å²) in [4.78, 5) is 20.6. The van der Waals surface area contributed by atoms with E-state index in [4.69, 9.17) is 4.74 Å². The minimum Gasteiger partial charge on any atom is -0.467 e. The molecule has 1 amide bonds. The van der Waals surface area contributed by atoms with Crippen LogP contribution in [0.15, 0.2) is 6.20 Å². The van der Waals surface area contributed by atoms with Gasteiger partial charge in [-0.2, -0.15) is 4.98 Å². The quantitative estimate of drug-likeness (QED) is 0.792. The van der Waals surface area contributed by atoms with Gasteiger partial charge in [0.05, 0.1) is 13.3 Å². The van der Waals surface area contributed by atoms with Crippen molar-refractivity contribution in [1.82, 2.24) is 9.97 Å². The van der Waals surface area contributed by atoms with Crippen LogP contribution >= 0.6 is 15.9 Å². The van der Waals surface area contributed by atoms with Crippen LogP contribution in [0, 0.1) is 11.7 Å². The third kappa shape index (κ3) is 2.38. The lowest BCUT2D eigenvalue weighted by Crippen LogP contribution is -2.27. The molecule has 0 bridgehead atoms. The normalized spacial score (nSPS) is 19.8. The van der Waals surface area contributed by atoms with E-state index < -0.39 is 5.82 Å². The van der Waals surface area contributed by atoms with E-state index in [1.165, 1.54) is 12.0 Å². The number of aromatic nitrogens is 2. The first-order valence-electron chi connectivity index (χ1n) is 5.08. The summed E-state index contributed by atoms with van der Waals surface area (Å²) in [6.45, 7) is 0.459. The van der Waals surface area contributed by atoms with Crippen molar-refractivity contribution in [2.24, 2.45) is 5.92 Å². The number of carbonyl (C=O) groups is 1. The van der Waals surface area contributed by atoms with E-state index in [2.05, 4.69) is 25.9 Å². The summed E-state index contributed by atoms with van der Waals surface area (Å²) in [5.74, 6) is -0.573. The molecule has 1 atom stereocenters. The molecular weight excluding hydrogens is 293 g/mol. The van der Waals surface area contributed by atoms with Crippen LogP contribution in [0.25, 0.3) is 0 Å². The summed E-state index contributed by atoms with van der Waals surface area (Å²) in [6, 6.07) is 0.0523. The summed E-state index contributed by atoms with van der Waals surface area (Å²) < 4.78 is 18.4. The van der Waals surface area contributed by atoms with E-state index in [1.807, 2.05) is 0 Å². The van der Waals surface area contributed by atoms with Gasteiger partial charge in [-0.1, -0.05) is 15.9 Å². The SMILES string of the molecule is COc1ncc(F)c(N2CC(CBr)CC2=O)n1. The molecule has 92 valence electrons. The summed E-state index contributed by atoms with van der Waals surface area (Å²) in [6.07, 6.45) is 1.41. The molecule has 17 heavy (non-hydrogen) atoms. The van der Waals surface area contributed by atoms with Crippen molar-refractivity contribution < 1.29 is 13.9 Å². The molecule has 1 aromatic heterocycles. The summed E-state index contributed by atoms with van der Waals surface area (Å²) in [5, 5.41) is 0.707. The van der Waals surface area contributed by atoms with Gasteiger partial charge in [-0.25, -0.2) is 9.37 Å². The Kier molecular flexibility index (Phi) is 3.56. The second-order valence-corrected chi connectivity index (χ2v) is 4.40. The van der Waals surface area contributed by atoms with Gasteiger partial charge in [0.25, 0.3) is 0 Å². The number of carbonyl (C=O) groups excluding carboxylic acids is 1. The van der Waals surface area contributed by atoms with Crippen LogP contribution in [0.4, 0.5) is 10.2 Å². The second kappa shape index (κ2) is 4.95. The largest absolute Gasteiger partial charge is 0.467 e. The first-order valence-corrected chi connectivity index (χ1v) is 6.20. The highest BCUT2D eigenvalue weighted by atomic mass is 79.9. The molecule has 1 aliphatic heterocycles. The highest BCUT2D eigenvalue weighted by Crippen LogP contribution is 2.27. The molecule has 2 heterocycles. The molecule has 0 saturated carbocycles. The summed E-state index contributed by atoms with van der Waals surface area (Å²) in [5.41, 5.74) is 0. The van der Waals surface area contributed by atoms with Crippen LogP contribution in [0.5, 0.6) is 6.01 Å². The van der Waals surface area contributed by atoms with E-state index in [0.29, 0.717) is 18.3 Å². The van der Waals surface area contributed by atoms with Crippen LogP contribution in [0.2, 0.25) is 0 Å². The molecule has 5 nitrogen and oxygen atoms in total. The predicted molar refractivity (Wildman–Crippen MR) is 62.8 cm³/mol. The Morgan fingerprint density at radius 3 is 3.06 bits per heavy atom. The number of ether oxygens (including phenoxy) is 1. The Hall–Kier alpha value is -1.24. The highest BCUT2D eigenvalue weighted by molar-refractivity contribution is 9.09. The number of rotatable bonds is 3. The number of hydrogen-bond acceptors (Lipinski definition) is 4.